The Hall–Kier alpha value is -7.21. The van der Waals surface area contributed by atoms with Crippen molar-refractivity contribution in [1.29, 1.82) is 5.26 Å². The Kier molecular flexibility index (Phi) is 9.02. The molecule has 0 spiro atoms. The Morgan fingerprint density at radius 2 is 0.887 bits per heavy atom. The zero-order chi connectivity index (χ0) is 44.1. The van der Waals surface area contributed by atoms with Crippen molar-refractivity contribution in [3.8, 4) is 39.7 Å². The number of alkyl halides is 12. The van der Waals surface area contributed by atoms with Crippen molar-refractivity contribution in [2.24, 2.45) is 0 Å². The van der Waals surface area contributed by atoms with E-state index in [2.05, 4.69) is 6.07 Å². The summed E-state index contributed by atoms with van der Waals surface area (Å²) in [6.45, 7) is 0. The fourth-order valence-corrected chi connectivity index (χ4v) is 8.15. The molecule has 310 valence electrons. The van der Waals surface area contributed by atoms with Crippen molar-refractivity contribution in [2.45, 2.75) is 24.7 Å². The smallest absolute Gasteiger partial charge is 0.309 e. The van der Waals surface area contributed by atoms with E-state index in [1.807, 2.05) is 0 Å². The first kappa shape index (κ1) is 40.2. The van der Waals surface area contributed by atoms with Gasteiger partial charge in [0.15, 0.2) is 0 Å². The average molecular weight is 858 g/mol. The van der Waals surface area contributed by atoms with Gasteiger partial charge in [0, 0.05) is 38.4 Å². The number of benzene rings is 7. The number of nitriles is 1. The Morgan fingerprint density at radius 3 is 1.44 bits per heavy atom. The van der Waals surface area contributed by atoms with Crippen LogP contribution in [0.2, 0.25) is 0 Å². The number of hydrogen-bond acceptors (Lipinski definition) is 1. The van der Waals surface area contributed by atoms with Gasteiger partial charge in [-0.15, -0.1) is 0 Å². The zero-order valence-electron chi connectivity index (χ0n) is 31.2. The molecule has 2 aromatic heterocycles. The van der Waals surface area contributed by atoms with Crippen LogP contribution in [0, 0.1) is 11.3 Å². The van der Waals surface area contributed by atoms with Crippen LogP contribution >= 0.6 is 0 Å². The van der Waals surface area contributed by atoms with Gasteiger partial charge in [-0.2, -0.15) is 57.9 Å². The van der Waals surface area contributed by atoms with Crippen molar-refractivity contribution in [3.63, 3.8) is 0 Å². The highest BCUT2D eigenvalue weighted by Crippen LogP contribution is 2.46. The van der Waals surface area contributed by atoms with Gasteiger partial charge in [0.2, 0.25) is 0 Å². The Morgan fingerprint density at radius 1 is 0.387 bits per heavy atom. The lowest BCUT2D eigenvalue weighted by Gasteiger charge is -2.20. The van der Waals surface area contributed by atoms with E-state index in [0.717, 1.165) is 24.3 Å². The summed E-state index contributed by atoms with van der Waals surface area (Å²) in [5.74, 6) is 0. The maximum Gasteiger partial charge on any atom is 0.417 e. The van der Waals surface area contributed by atoms with Gasteiger partial charge in [0.05, 0.1) is 61.6 Å². The van der Waals surface area contributed by atoms with Gasteiger partial charge in [0.25, 0.3) is 0 Å². The number of para-hydroxylation sites is 2. The molecule has 15 heteroatoms. The van der Waals surface area contributed by atoms with E-state index in [4.69, 9.17) is 0 Å². The first-order valence-corrected chi connectivity index (χ1v) is 18.4. The van der Waals surface area contributed by atoms with Gasteiger partial charge in [-0.05, 0) is 102 Å². The number of fused-ring (bicyclic) bond motifs is 6. The molecule has 0 N–H and O–H groups in total. The third-order valence-corrected chi connectivity index (χ3v) is 10.9. The predicted molar refractivity (Wildman–Crippen MR) is 211 cm³/mol. The summed E-state index contributed by atoms with van der Waals surface area (Å²) in [5, 5.41) is 11.8. The number of hydrogen-bond donors (Lipinski definition) is 0. The monoisotopic (exact) mass is 857 g/mol. The van der Waals surface area contributed by atoms with E-state index in [0.29, 0.717) is 45.1 Å². The molecule has 0 bridgehead atoms. The fraction of sp³-hybridized carbons (Fsp3) is 0.0851. The normalized spacial score (nSPS) is 12.8. The number of nitrogens with zero attached hydrogens (tertiary/aromatic N) is 3. The molecule has 0 atom stereocenters. The van der Waals surface area contributed by atoms with Crippen molar-refractivity contribution < 1.29 is 52.7 Å². The molecule has 0 fully saturated rings. The minimum absolute atomic E-state index is 0.00189. The van der Waals surface area contributed by atoms with E-state index in [-0.39, 0.29) is 50.3 Å². The SMILES string of the molecule is N#Cc1ccc(-n2c3ccccc3c3cc(C(F)(F)F)ccc32)cc1-c1cc(-c2ccc(C(F)(F)F)cc2C(F)(F)F)ccc1-n1c2ccccc2c2cc(C(F)(F)F)ccc21. The van der Waals surface area contributed by atoms with Crippen LogP contribution in [0.25, 0.3) is 77.2 Å². The van der Waals surface area contributed by atoms with Crippen LogP contribution in [0.1, 0.15) is 27.8 Å². The Labute approximate surface area is 341 Å². The molecule has 2 heterocycles. The van der Waals surface area contributed by atoms with Crippen LogP contribution in [-0.2, 0) is 24.7 Å². The van der Waals surface area contributed by atoms with Gasteiger partial charge >= 0.3 is 24.7 Å². The minimum atomic E-state index is -5.27. The molecule has 0 saturated heterocycles. The van der Waals surface area contributed by atoms with Crippen molar-refractivity contribution in [2.75, 3.05) is 0 Å². The second kappa shape index (κ2) is 13.9. The predicted octanol–water partition coefficient (Wildman–Crippen LogP) is 15.2. The summed E-state index contributed by atoms with van der Waals surface area (Å²) in [4.78, 5) is 0. The lowest BCUT2D eigenvalue weighted by molar-refractivity contribution is -0.143. The summed E-state index contributed by atoms with van der Waals surface area (Å²) in [6, 6.07) is 31.0. The molecular weight excluding hydrogens is 835 g/mol. The lowest BCUT2D eigenvalue weighted by Crippen LogP contribution is -2.12. The quantitative estimate of drug-likeness (QED) is 0.162. The van der Waals surface area contributed by atoms with Crippen LogP contribution in [0.15, 0.2) is 140 Å². The van der Waals surface area contributed by atoms with Crippen LogP contribution < -0.4 is 0 Å². The molecule has 0 radical (unpaired) electrons. The minimum Gasteiger partial charge on any atom is -0.309 e. The van der Waals surface area contributed by atoms with E-state index < -0.39 is 52.5 Å². The standard InChI is InChI=1S/C47H23F12N3/c48-44(49,50)27-12-17-41-36(20-27)32-5-1-3-7-39(32)61(41)30-14-9-26(24-60)34(23-30)35-19-25(31-15-11-29(46(54,55)56)22-38(31)47(57,58)59)10-16-42(35)62-40-8-4-2-6-33(40)37-21-28(45(51,52)53)13-18-43(37)62/h1-23H. The lowest BCUT2D eigenvalue weighted by atomic mass is 9.91. The van der Waals surface area contributed by atoms with E-state index in [1.165, 1.54) is 48.5 Å². The van der Waals surface area contributed by atoms with E-state index >= 15 is 0 Å². The van der Waals surface area contributed by atoms with Crippen LogP contribution in [0.4, 0.5) is 52.7 Å². The van der Waals surface area contributed by atoms with Gasteiger partial charge in [-0.25, -0.2) is 0 Å². The highest BCUT2D eigenvalue weighted by molar-refractivity contribution is 6.11. The maximum absolute atomic E-state index is 14.6. The largest absolute Gasteiger partial charge is 0.417 e. The molecule has 0 aliphatic carbocycles. The highest BCUT2D eigenvalue weighted by Gasteiger charge is 2.39. The van der Waals surface area contributed by atoms with Crippen molar-refractivity contribution in [1.82, 2.24) is 9.13 Å². The highest BCUT2D eigenvalue weighted by atomic mass is 19.4. The third-order valence-electron chi connectivity index (χ3n) is 10.9. The maximum atomic E-state index is 14.6. The molecule has 7 aromatic carbocycles. The molecule has 0 amide bonds. The van der Waals surface area contributed by atoms with E-state index in [1.54, 1.807) is 57.7 Å². The molecule has 0 unspecified atom stereocenters. The Balaban J connectivity index is 1.37. The van der Waals surface area contributed by atoms with Crippen molar-refractivity contribution >= 4 is 43.6 Å². The summed E-state index contributed by atoms with van der Waals surface area (Å²) >= 11 is 0. The molecule has 0 aliphatic rings. The number of aromatic nitrogens is 2. The first-order valence-electron chi connectivity index (χ1n) is 18.4. The molecule has 9 rings (SSSR count). The average Bonchev–Trinajstić information content (AvgIpc) is 3.74. The second-order valence-corrected chi connectivity index (χ2v) is 14.5. The topological polar surface area (TPSA) is 33.6 Å². The van der Waals surface area contributed by atoms with Gasteiger partial charge in [0.1, 0.15) is 0 Å². The Bertz CT molecular complexity index is 3320. The summed E-state index contributed by atoms with van der Waals surface area (Å²) < 4.78 is 172. The first-order chi connectivity index (χ1) is 29.2. The molecule has 3 nitrogen and oxygen atoms in total. The number of rotatable bonds is 4. The second-order valence-electron chi connectivity index (χ2n) is 14.5. The molecule has 62 heavy (non-hydrogen) atoms. The molecular formula is C47H23F12N3. The molecule has 0 saturated carbocycles. The summed E-state index contributed by atoms with van der Waals surface area (Å²) in [7, 11) is 0. The molecule has 9 aromatic rings. The van der Waals surface area contributed by atoms with Gasteiger partial charge in [-0.3, -0.25) is 0 Å². The number of halogens is 12. The molecule has 0 aliphatic heterocycles. The van der Waals surface area contributed by atoms with Gasteiger partial charge in [-0.1, -0.05) is 48.5 Å². The van der Waals surface area contributed by atoms with Crippen LogP contribution in [0.5, 0.6) is 0 Å². The summed E-state index contributed by atoms with van der Waals surface area (Å²) in [6.07, 6.45) is -19.8. The van der Waals surface area contributed by atoms with Gasteiger partial charge < -0.3 is 9.13 Å². The third kappa shape index (κ3) is 6.66. The summed E-state index contributed by atoms with van der Waals surface area (Å²) in [5.41, 5.74) is -3.82. The van der Waals surface area contributed by atoms with Crippen LogP contribution in [0.3, 0.4) is 0 Å². The zero-order valence-corrected chi connectivity index (χ0v) is 31.2. The van der Waals surface area contributed by atoms with Crippen molar-refractivity contribution in [3.05, 3.63) is 167 Å². The van der Waals surface area contributed by atoms with E-state index in [9.17, 15) is 57.9 Å². The van der Waals surface area contributed by atoms with Crippen LogP contribution in [-0.4, -0.2) is 9.13 Å². The fourth-order valence-electron chi connectivity index (χ4n) is 8.15.